The molecule has 0 spiro atoms. The molecule has 0 radical (unpaired) electrons. The number of hydrogen-bond acceptors (Lipinski definition) is 7. The summed E-state index contributed by atoms with van der Waals surface area (Å²) in [7, 11) is 3.27. The number of anilines is 1. The minimum atomic E-state index is -0.634. The molecule has 7 nitrogen and oxygen atoms in total. The monoisotopic (exact) mass is 290 g/mol. The maximum Gasteiger partial charge on any atom is 0.322 e. The van der Waals surface area contributed by atoms with E-state index in [1.54, 1.807) is 11.9 Å². The highest BCUT2D eigenvalue weighted by atomic mass is 35.5. The maximum atomic E-state index is 9.66. The smallest absolute Gasteiger partial charge is 0.322 e. The van der Waals surface area contributed by atoms with Gasteiger partial charge < -0.3 is 19.5 Å². The molecule has 0 saturated carbocycles. The molecule has 0 saturated heterocycles. The van der Waals surface area contributed by atoms with Gasteiger partial charge in [0.25, 0.3) is 0 Å². The summed E-state index contributed by atoms with van der Waals surface area (Å²) < 4.78 is 10.2. The van der Waals surface area contributed by atoms with Crippen molar-refractivity contribution in [1.29, 1.82) is 0 Å². The quantitative estimate of drug-likeness (QED) is 0.757. The van der Waals surface area contributed by atoms with E-state index in [9.17, 15) is 5.11 Å². The minimum absolute atomic E-state index is 0.0594. The Bertz CT molecular complexity index is 394. The van der Waals surface area contributed by atoms with E-state index in [0.717, 1.165) is 6.42 Å². The number of ether oxygens (including phenoxy) is 2. The summed E-state index contributed by atoms with van der Waals surface area (Å²) in [5.41, 5.74) is 0. The molecule has 1 aromatic rings. The van der Waals surface area contributed by atoms with Gasteiger partial charge in [0.1, 0.15) is 0 Å². The van der Waals surface area contributed by atoms with Crippen LogP contribution in [0.25, 0.3) is 0 Å². The van der Waals surface area contributed by atoms with Crippen LogP contribution in [-0.4, -0.2) is 60.1 Å². The summed E-state index contributed by atoms with van der Waals surface area (Å²) in [6.45, 7) is 3.05. The summed E-state index contributed by atoms with van der Waals surface area (Å²) in [6, 6.07) is 0.185. The molecule has 1 rings (SSSR count). The van der Waals surface area contributed by atoms with Crippen LogP contribution < -0.4 is 9.64 Å². The fourth-order valence-corrected chi connectivity index (χ4v) is 1.54. The van der Waals surface area contributed by atoms with Gasteiger partial charge in [0.05, 0.1) is 19.3 Å². The number of aromatic nitrogens is 3. The van der Waals surface area contributed by atoms with Gasteiger partial charge >= 0.3 is 6.01 Å². The molecule has 0 amide bonds. The lowest BCUT2D eigenvalue weighted by molar-refractivity contribution is 0.0693. The van der Waals surface area contributed by atoms with Crippen molar-refractivity contribution in [2.24, 2.45) is 0 Å². The second kappa shape index (κ2) is 8.08. The number of likely N-dealkylation sites (N-methyl/N-ethyl adjacent to an activating group) is 1. The van der Waals surface area contributed by atoms with E-state index in [4.69, 9.17) is 21.1 Å². The average Bonchev–Trinajstić information content (AvgIpc) is 2.36. The van der Waals surface area contributed by atoms with Crippen molar-refractivity contribution in [3.63, 3.8) is 0 Å². The SMILES string of the molecule is CCCOc1nc(Cl)nc(N(C)CC(O)COC)n1. The third-order valence-corrected chi connectivity index (χ3v) is 2.37. The summed E-state index contributed by atoms with van der Waals surface area (Å²) in [4.78, 5) is 13.7. The molecule has 0 aliphatic carbocycles. The van der Waals surface area contributed by atoms with E-state index in [2.05, 4.69) is 15.0 Å². The zero-order chi connectivity index (χ0) is 14.3. The largest absolute Gasteiger partial charge is 0.463 e. The number of nitrogens with zero attached hydrogens (tertiary/aromatic N) is 4. The zero-order valence-corrected chi connectivity index (χ0v) is 12.1. The molecular weight excluding hydrogens is 272 g/mol. The van der Waals surface area contributed by atoms with Gasteiger partial charge in [-0.1, -0.05) is 6.92 Å². The Kier molecular flexibility index (Phi) is 6.75. The molecule has 0 aliphatic heterocycles. The molecule has 0 aromatic carbocycles. The predicted molar refractivity (Wildman–Crippen MR) is 71.8 cm³/mol. The van der Waals surface area contributed by atoms with E-state index in [1.807, 2.05) is 6.92 Å². The van der Waals surface area contributed by atoms with E-state index in [1.165, 1.54) is 7.11 Å². The maximum absolute atomic E-state index is 9.66. The summed E-state index contributed by atoms with van der Waals surface area (Å²) in [5, 5.41) is 9.72. The lowest BCUT2D eigenvalue weighted by Gasteiger charge is -2.20. The molecule has 0 aliphatic rings. The van der Waals surface area contributed by atoms with Crippen LogP contribution in [0.2, 0.25) is 5.28 Å². The van der Waals surface area contributed by atoms with Crippen molar-refractivity contribution in [2.45, 2.75) is 19.4 Å². The standard InChI is InChI=1S/C11H19ClN4O3/c1-4-5-19-11-14-9(12)13-10(15-11)16(2)6-8(17)7-18-3/h8,17H,4-7H2,1-3H3. The van der Waals surface area contributed by atoms with Crippen molar-refractivity contribution < 1.29 is 14.6 Å². The highest BCUT2D eigenvalue weighted by Crippen LogP contribution is 2.14. The van der Waals surface area contributed by atoms with Crippen molar-refractivity contribution >= 4 is 17.5 Å². The Labute approximate surface area is 117 Å². The third kappa shape index (κ3) is 5.54. The van der Waals surface area contributed by atoms with Gasteiger partial charge in [-0.25, -0.2) is 0 Å². The number of aliphatic hydroxyl groups excluding tert-OH is 1. The van der Waals surface area contributed by atoms with Crippen molar-refractivity contribution in [2.75, 3.05) is 38.8 Å². The zero-order valence-electron chi connectivity index (χ0n) is 11.3. The molecule has 0 fully saturated rings. The van der Waals surface area contributed by atoms with Gasteiger partial charge in [0, 0.05) is 20.7 Å². The Hall–Kier alpha value is -1.18. The Morgan fingerprint density at radius 3 is 2.74 bits per heavy atom. The molecule has 1 aromatic heterocycles. The summed E-state index contributed by atoms with van der Waals surface area (Å²) >= 11 is 5.81. The fraction of sp³-hybridized carbons (Fsp3) is 0.727. The first-order valence-electron chi connectivity index (χ1n) is 5.99. The van der Waals surface area contributed by atoms with Gasteiger partial charge in [-0.3, -0.25) is 0 Å². The molecule has 0 bridgehead atoms. The van der Waals surface area contributed by atoms with Gasteiger partial charge in [0.2, 0.25) is 11.2 Å². The summed E-state index contributed by atoms with van der Waals surface area (Å²) in [6.07, 6.45) is 0.214. The molecule has 1 N–H and O–H groups in total. The molecule has 8 heteroatoms. The van der Waals surface area contributed by atoms with Crippen LogP contribution in [0.4, 0.5) is 5.95 Å². The van der Waals surface area contributed by atoms with Gasteiger partial charge in [-0.15, -0.1) is 0 Å². The first-order valence-corrected chi connectivity index (χ1v) is 6.37. The van der Waals surface area contributed by atoms with E-state index in [0.29, 0.717) is 19.1 Å². The Morgan fingerprint density at radius 2 is 2.11 bits per heavy atom. The number of hydrogen-bond donors (Lipinski definition) is 1. The van der Waals surface area contributed by atoms with Crippen LogP contribution in [0, 0.1) is 0 Å². The minimum Gasteiger partial charge on any atom is -0.463 e. The molecule has 108 valence electrons. The highest BCUT2D eigenvalue weighted by Gasteiger charge is 2.13. The van der Waals surface area contributed by atoms with Gasteiger partial charge in [0.15, 0.2) is 0 Å². The number of rotatable bonds is 8. The fourth-order valence-electron chi connectivity index (χ4n) is 1.39. The second-order valence-corrected chi connectivity index (χ2v) is 4.36. The molecular formula is C11H19ClN4O3. The third-order valence-electron chi connectivity index (χ3n) is 2.20. The topological polar surface area (TPSA) is 80.6 Å². The number of halogens is 1. The van der Waals surface area contributed by atoms with Crippen LogP contribution >= 0.6 is 11.6 Å². The first kappa shape index (κ1) is 15.9. The van der Waals surface area contributed by atoms with Crippen molar-refractivity contribution in [3.05, 3.63) is 5.28 Å². The van der Waals surface area contributed by atoms with E-state index < -0.39 is 6.10 Å². The van der Waals surface area contributed by atoms with Gasteiger partial charge in [-0.05, 0) is 18.0 Å². The van der Waals surface area contributed by atoms with Crippen LogP contribution in [0.5, 0.6) is 6.01 Å². The molecule has 1 heterocycles. The normalized spacial score (nSPS) is 12.3. The second-order valence-electron chi connectivity index (χ2n) is 4.03. The van der Waals surface area contributed by atoms with E-state index >= 15 is 0 Å². The van der Waals surface area contributed by atoms with Crippen molar-refractivity contribution in [3.8, 4) is 6.01 Å². The van der Waals surface area contributed by atoms with Crippen LogP contribution in [0.3, 0.4) is 0 Å². The molecule has 19 heavy (non-hydrogen) atoms. The number of aliphatic hydroxyl groups is 1. The lowest BCUT2D eigenvalue weighted by Crippen LogP contribution is -2.33. The molecule has 1 unspecified atom stereocenters. The van der Waals surface area contributed by atoms with Crippen LogP contribution in [-0.2, 0) is 4.74 Å². The summed E-state index contributed by atoms with van der Waals surface area (Å²) in [5.74, 6) is 0.348. The van der Waals surface area contributed by atoms with Crippen LogP contribution in [0.15, 0.2) is 0 Å². The predicted octanol–water partition coefficient (Wildman–Crippen LogP) is 0.757. The van der Waals surface area contributed by atoms with Crippen LogP contribution in [0.1, 0.15) is 13.3 Å². The lowest BCUT2D eigenvalue weighted by atomic mass is 10.3. The highest BCUT2D eigenvalue weighted by molar-refractivity contribution is 6.28. The Morgan fingerprint density at radius 1 is 1.37 bits per heavy atom. The van der Waals surface area contributed by atoms with E-state index in [-0.39, 0.29) is 17.9 Å². The first-order chi connectivity index (χ1) is 9.06. The van der Waals surface area contributed by atoms with Gasteiger partial charge in [-0.2, -0.15) is 15.0 Å². The number of methoxy groups -OCH3 is 1. The van der Waals surface area contributed by atoms with Crippen molar-refractivity contribution in [1.82, 2.24) is 15.0 Å². The molecule has 1 atom stereocenters. The Balaban J connectivity index is 2.72. The average molecular weight is 291 g/mol.